The third kappa shape index (κ3) is 5.23. The van der Waals surface area contributed by atoms with Gasteiger partial charge in [0.05, 0.1) is 37.2 Å². The van der Waals surface area contributed by atoms with Gasteiger partial charge >= 0.3 is 0 Å². The van der Waals surface area contributed by atoms with Gasteiger partial charge in [-0.3, -0.25) is 9.69 Å². The van der Waals surface area contributed by atoms with Crippen molar-refractivity contribution in [1.29, 1.82) is 0 Å². The third-order valence-corrected chi connectivity index (χ3v) is 5.63. The Kier molecular flexibility index (Phi) is 6.73. The van der Waals surface area contributed by atoms with Gasteiger partial charge in [-0.1, -0.05) is 23.7 Å². The van der Waals surface area contributed by atoms with Crippen molar-refractivity contribution in [3.05, 3.63) is 35.5 Å². The lowest BCUT2D eigenvalue weighted by atomic mass is 10.1. The SMILES string of the molecule is O=C(CN1CCN(c2nncc(-c3ccc(Cl)cc3)n2)CC1)N[C@@H]1CCOC[C@H]1O. The molecule has 2 aliphatic heterocycles. The van der Waals surface area contributed by atoms with Gasteiger partial charge in [0, 0.05) is 43.4 Å². The van der Waals surface area contributed by atoms with Crippen LogP contribution in [-0.4, -0.2) is 89.2 Å². The van der Waals surface area contributed by atoms with Gasteiger partial charge in [-0.05, 0) is 18.6 Å². The number of halogens is 1. The summed E-state index contributed by atoms with van der Waals surface area (Å²) < 4.78 is 5.20. The van der Waals surface area contributed by atoms with Crippen LogP contribution in [0.4, 0.5) is 5.95 Å². The zero-order valence-electron chi connectivity index (χ0n) is 16.6. The van der Waals surface area contributed by atoms with Crippen molar-refractivity contribution in [2.24, 2.45) is 0 Å². The van der Waals surface area contributed by atoms with Gasteiger partial charge in [0.1, 0.15) is 0 Å². The van der Waals surface area contributed by atoms with Crippen LogP contribution in [0, 0.1) is 0 Å². The van der Waals surface area contributed by atoms with Gasteiger partial charge < -0.3 is 20.1 Å². The number of aliphatic hydroxyl groups excluding tert-OH is 1. The van der Waals surface area contributed by atoms with Gasteiger partial charge in [-0.25, -0.2) is 4.98 Å². The number of rotatable bonds is 5. The molecule has 30 heavy (non-hydrogen) atoms. The van der Waals surface area contributed by atoms with E-state index in [1.165, 1.54) is 0 Å². The molecule has 0 aliphatic carbocycles. The van der Waals surface area contributed by atoms with Crippen molar-refractivity contribution in [1.82, 2.24) is 25.4 Å². The lowest BCUT2D eigenvalue weighted by Crippen LogP contribution is -2.54. The molecule has 160 valence electrons. The summed E-state index contributed by atoms with van der Waals surface area (Å²) in [6.07, 6.45) is 1.63. The molecule has 2 fully saturated rings. The van der Waals surface area contributed by atoms with Crippen LogP contribution in [0.15, 0.2) is 30.5 Å². The Labute approximate surface area is 180 Å². The molecule has 3 heterocycles. The molecule has 2 saturated heterocycles. The zero-order valence-corrected chi connectivity index (χ0v) is 17.3. The van der Waals surface area contributed by atoms with Gasteiger partial charge in [-0.15, -0.1) is 5.10 Å². The van der Waals surface area contributed by atoms with Crippen LogP contribution in [0.3, 0.4) is 0 Å². The number of amides is 1. The van der Waals surface area contributed by atoms with E-state index in [9.17, 15) is 9.90 Å². The average molecular weight is 433 g/mol. The number of aliphatic hydroxyl groups is 1. The zero-order chi connectivity index (χ0) is 20.9. The van der Waals surface area contributed by atoms with Crippen LogP contribution in [0.5, 0.6) is 0 Å². The summed E-state index contributed by atoms with van der Waals surface area (Å²) in [4.78, 5) is 21.1. The van der Waals surface area contributed by atoms with E-state index in [-0.39, 0.29) is 18.6 Å². The fourth-order valence-corrected chi connectivity index (χ4v) is 3.77. The second kappa shape index (κ2) is 9.65. The van der Waals surface area contributed by atoms with Crippen LogP contribution in [0.1, 0.15) is 6.42 Å². The van der Waals surface area contributed by atoms with E-state index in [1.807, 2.05) is 24.3 Å². The van der Waals surface area contributed by atoms with Gasteiger partial charge in [0.25, 0.3) is 0 Å². The first-order chi connectivity index (χ1) is 14.6. The maximum Gasteiger partial charge on any atom is 0.245 e. The molecule has 4 rings (SSSR count). The molecule has 0 bridgehead atoms. The summed E-state index contributed by atoms with van der Waals surface area (Å²) >= 11 is 5.96. The molecule has 0 unspecified atom stereocenters. The Morgan fingerprint density at radius 1 is 1.23 bits per heavy atom. The molecule has 9 nitrogen and oxygen atoms in total. The van der Waals surface area contributed by atoms with E-state index in [4.69, 9.17) is 16.3 Å². The van der Waals surface area contributed by atoms with Crippen molar-refractivity contribution in [3.63, 3.8) is 0 Å². The number of nitrogens with zero attached hydrogens (tertiary/aromatic N) is 5. The van der Waals surface area contributed by atoms with Crippen molar-refractivity contribution >= 4 is 23.5 Å². The first-order valence-electron chi connectivity index (χ1n) is 10.1. The second-order valence-corrected chi connectivity index (χ2v) is 7.95. The minimum atomic E-state index is -0.642. The smallest absolute Gasteiger partial charge is 0.245 e. The van der Waals surface area contributed by atoms with E-state index in [2.05, 4.69) is 30.3 Å². The molecule has 1 aromatic carbocycles. The largest absolute Gasteiger partial charge is 0.389 e. The maximum atomic E-state index is 12.3. The number of benzene rings is 1. The fourth-order valence-electron chi connectivity index (χ4n) is 3.64. The Hall–Kier alpha value is -2.33. The number of ether oxygens (including phenoxy) is 1. The minimum Gasteiger partial charge on any atom is -0.389 e. The Morgan fingerprint density at radius 2 is 2.00 bits per heavy atom. The number of anilines is 1. The van der Waals surface area contributed by atoms with Crippen LogP contribution in [0.2, 0.25) is 5.02 Å². The fraction of sp³-hybridized carbons (Fsp3) is 0.500. The van der Waals surface area contributed by atoms with Crippen molar-refractivity contribution < 1.29 is 14.6 Å². The molecule has 2 N–H and O–H groups in total. The first-order valence-corrected chi connectivity index (χ1v) is 10.4. The number of piperazine rings is 1. The van der Waals surface area contributed by atoms with Crippen molar-refractivity contribution in [2.75, 3.05) is 50.8 Å². The van der Waals surface area contributed by atoms with E-state index < -0.39 is 6.10 Å². The lowest BCUT2D eigenvalue weighted by molar-refractivity contribution is -0.125. The topological polar surface area (TPSA) is 104 Å². The minimum absolute atomic E-state index is 0.0722. The normalized spacial score (nSPS) is 22.7. The molecule has 2 atom stereocenters. The number of hydrogen-bond acceptors (Lipinski definition) is 8. The molecule has 2 aliphatic rings. The van der Waals surface area contributed by atoms with E-state index in [0.717, 1.165) is 24.3 Å². The molecule has 1 amide bonds. The standard InChI is InChI=1S/C20H25ClN6O3/c21-15-3-1-14(2-4-15)17-11-22-25-20(24-17)27-8-6-26(7-9-27)12-19(29)23-16-5-10-30-13-18(16)28/h1-4,11,16,18,28H,5-10,12-13H2,(H,23,29)/t16-,18-/m1/s1. The number of aromatic nitrogens is 3. The first kappa shape index (κ1) is 20.9. The molecule has 10 heteroatoms. The van der Waals surface area contributed by atoms with E-state index in [0.29, 0.717) is 43.6 Å². The van der Waals surface area contributed by atoms with Crippen LogP contribution >= 0.6 is 11.6 Å². The summed E-state index contributed by atoms with van der Waals surface area (Å²) in [5.41, 5.74) is 1.68. The number of nitrogens with one attached hydrogen (secondary N) is 1. The molecule has 1 aromatic heterocycles. The Bertz CT molecular complexity index is 860. The van der Waals surface area contributed by atoms with Gasteiger partial charge in [0.15, 0.2) is 0 Å². The molecular formula is C20H25ClN6O3. The summed E-state index contributed by atoms with van der Waals surface area (Å²) in [6.45, 7) is 3.99. The lowest BCUT2D eigenvalue weighted by Gasteiger charge is -2.35. The summed E-state index contributed by atoms with van der Waals surface area (Å²) in [5, 5.41) is 21.8. The second-order valence-electron chi connectivity index (χ2n) is 7.52. The highest BCUT2D eigenvalue weighted by atomic mass is 35.5. The highest BCUT2D eigenvalue weighted by molar-refractivity contribution is 6.30. The quantitative estimate of drug-likeness (QED) is 0.707. The van der Waals surface area contributed by atoms with Crippen LogP contribution in [0.25, 0.3) is 11.3 Å². The predicted molar refractivity (Wildman–Crippen MR) is 112 cm³/mol. The summed E-state index contributed by atoms with van der Waals surface area (Å²) in [7, 11) is 0. The summed E-state index contributed by atoms with van der Waals surface area (Å²) in [5.74, 6) is 0.508. The summed E-state index contributed by atoms with van der Waals surface area (Å²) in [6, 6.07) is 7.22. The average Bonchev–Trinajstić information content (AvgIpc) is 2.76. The molecule has 2 aromatic rings. The molecule has 0 saturated carbocycles. The van der Waals surface area contributed by atoms with E-state index >= 15 is 0 Å². The number of carbonyl (C=O) groups excluding carboxylic acids is 1. The molecule has 0 radical (unpaired) electrons. The highest BCUT2D eigenvalue weighted by Gasteiger charge is 2.27. The monoisotopic (exact) mass is 432 g/mol. The van der Waals surface area contributed by atoms with Crippen molar-refractivity contribution in [3.8, 4) is 11.3 Å². The van der Waals surface area contributed by atoms with Gasteiger partial charge in [-0.2, -0.15) is 5.10 Å². The van der Waals surface area contributed by atoms with Crippen LogP contribution in [-0.2, 0) is 9.53 Å². The highest BCUT2D eigenvalue weighted by Crippen LogP contribution is 2.21. The van der Waals surface area contributed by atoms with E-state index in [1.54, 1.807) is 6.20 Å². The Morgan fingerprint density at radius 3 is 2.73 bits per heavy atom. The third-order valence-electron chi connectivity index (χ3n) is 5.38. The maximum absolute atomic E-state index is 12.3. The number of hydrogen-bond donors (Lipinski definition) is 2. The molecular weight excluding hydrogens is 408 g/mol. The van der Waals surface area contributed by atoms with Gasteiger partial charge in [0.2, 0.25) is 11.9 Å². The molecule has 0 spiro atoms. The predicted octanol–water partition coefficient (Wildman–Crippen LogP) is 0.580. The van der Waals surface area contributed by atoms with Crippen molar-refractivity contribution in [2.45, 2.75) is 18.6 Å². The number of carbonyl (C=O) groups is 1. The Balaban J connectivity index is 1.29. The van der Waals surface area contributed by atoms with Crippen LogP contribution < -0.4 is 10.2 Å².